The van der Waals surface area contributed by atoms with Gasteiger partial charge in [-0.05, 0) is 55.5 Å². The zero-order valence-corrected chi connectivity index (χ0v) is 15.2. The molecule has 136 valence electrons. The minimum atomic E-state index is -0.436. The van der Waals surface area contributed by atoms with E-state index in [1.165, 1.54) is 11.8 Å². The molecule has 0 unspecified atom stereocenters. The fourth-order valence-corrected chi connectivity index (χ4v) is 2.38. The highest BCUT2D eigenvalue weighted by atomic mass is 35.5. The molecule has 2 aromatic rings. The van der Waals surface area contributed by atoms with Crippen molar-refractivity contribution in [2.45, 2.75) is 13.8 Å². The van der Waals surface area contributed by atoms with Gasteiger partial charge in [0.1, 0.15) is 6.54 Å². The molecule has 0 heterocycles. The minimum Gasteiger partial charge on any atom is -0.462 e. The van der Waals surface area contributed by atoms with Gasteiger partial charge in [-0.1, -0.05) is 11.6 Å². The predicted molar refractivity (Wildman–Crippen MR) is 101 cm³/mol. The number of rotatable bonds is 6. The van der Waals surface area contributed by atoms with E-state index in [0.717, 1.165) is 0 Å². The van der Waals surface area contributed by atoms with Crippen molar-refractivity contribution in [3.8, 4) is 0 Å². The number of amides is 2. The molecule has 0 saturated heterocycles. The van der Waals surface area contributed by atoms with Crippen LogP contribution in [0.1, 0.15) is 24.2 Å². The summed E-state index contributed by atoms with van der Waals surface area (Å²) in [5.74, 6) is -1.08. The number of benzene rings is 2. The maximum atomic E-state index is 12.2. The first-order valence-corrected chi connectivity index (χ1v) is 8.39. The second kappa shape index (κ2) is 9.01. The highest BCUT2D eigenvalue weighted by Crippen LogP contribution is 2.17. The van der Waals surface area contributed by atoms with E-state index in [2.05, 4.69) is 5.32 Å². The number of carbonyl (C=O) groups is 3. The molecular formula is C19H19ClN2O4. The fourth-order valence-electron chi connectivity index (χ4n) is 2.25. The van der Waals surface area contributed by atoms with Gasteiger partial charge in [0.15, 0.2) is 0 Å². The van der Waals surface area contributed by atoms with Crippen LogP contribution in [0.2, 0.25) is 5.02 Å². The monoisotopic (exact) mass is 374 g/mol. The van der Waals surface area contributed by atoms with Crippen molar-refractivity contribution < 1.29 is 19.1 Å². The molecule has 0 saturated carbocycles. The lowest BCUT2D eigenvalue weighted by Gasteiger charge is -2.21. The number of anilines is 2. The summed E-state index contributed by atoms with van der Waals surface area (Å²) in [7, 11) is 0. The van der Waals surface area contributed by atoms with E-state index >= 15 is 0 Å². The Morgan fingerprint density at radius 2 is 1.65 bits per heavy atom. The number of hydrogen-bond acceptors (Lipinski definition) is 4. The number of esters is 1. The van der Waals surface area contributed by atoms with Crippen molar-refractivity contribution in [2.24, 2.45) is 0 Å². The number of carbonyl (C=O) groups excluding carboxylic acids is 3. The number of nitrogens with one attached hydrogen (secondary N) is 1. The number of ether oxygens (including phenoxy) is 1. The smallest absolute Gasteiger partial charge is 0.338 e. The van der Waals surface area contributed by atoms with E-state index in [0.29, 0.717) is 22.0 Å². The van der Waals surface area contributed by atoms with Crippen molar-refractivity contribution >= 4 is 40.8 Å². The van der Waals surface area contributed by atoms with E-state index in [-0.39, 0.29) is 25.0 Å². The van der Waals surface area contributed by atoms with Crippen molar-refractivity contribution in [1.29, 1.82) is 0 Å². The summed E-state index contributed by atoms with van der Waals surface area (Å²) in [4.78, 5) is 37.2. The third-order valence-electron chi connectivity index (χ3n) is 3.50. The zero-order valence-electron chi connectivity index (χ0n) is 14.5. The van der Waals surface area contributed by atoms with E-state index < -0.39 is 5.97 Å². The molecular weight excluding hydrogens is 356 g/mol. The van der Waals surface area contributed by atoms with E-state index in [1.807, 2.05) is 0 Å². The Morgan fingerprint density at radius 1 is 1.04 bits per heavy atom. The molecule has 0 aliphatic carbocycles. The van der Waals surface area contributed by atoms with Gasteiger partial charge in [-0.15, -0.1) is 0 Å². The van der Waals surface area contributed by atoms with Crippen LogP contribution in [-0.2, 0) is 14.3 Å². The quantitative estimate of drug-likeness (QED) is 0.785. The van der Waals surface area contributed by atoms with Crippen LogP contribution in [0.4, 0.5) is 11.4 Å². The van der Waals surface area contributed by atoms with Gasteiger partial charge in [-0.2, -0.15) is 0 Å². The van der Waals surface area contributed by atoms with Gasteiger partial charge in [0.05, 0.1) is 12.2 Å². The van der Waals surface area contributed by atoms with Gasteiger partial charge in [-0.3, -0.25) is 9.59 Å². The molecule has 0 aliphatic heterocycles. The molecule has 2 aromatic carbocycles. The second-order valence-corrected chi connectivity index (χ2v) is 5.86. The maximum absolute atomic E-state index is 12.2. The van der Waals surface area contributed by atoms with Gasteiger partial charge in [0.2, 0.25) is 11.8 Å². The van der Waals surface area contributed by atoms with Gasteiger partial charge in [0.25, 0.3) is 0 Å². The molecule has 0 fully saturated rings. The molecule has 6 nitrogen and oxygen atoms in total. The normalized spacial score (nSPS) is 10.1. The number of nitrogens with zero attached hydrogens (tertiary/aromatic N) is 1. The molecule has 0 atom stereocenters. The summed E-state index contributed by atoms with van der Waals surface area (Å²) in [5.41, 5.74) is 1.47. The molecule has 2 rings (SSSR count). The molecule has 0 bridgehead atoms. The molecule has 26 heavy (non-hydrogen) atoms. The van der Waals surface area contributed by atoms with Gasteiger partial charge in [-0.25, -0.2) is 4.79 Å². The van der Waals surface area contributed by atoms with Crippen molar-refractivity contribution in [3.63, 3.8) is 0 Å². The summed E-state index contributed by atoms with van der Waals surface area (Å²) in [6.07, 6.45) is 0. The van der Waals surface area contributed by atoms with E-state index in [4.69, 9.17) is 16.3 Å². The summed E-state index contributed by atoms with van der Waals surface area (Å²) in [5, 5.41) is 3.27. The van der Waals surface area contributed by atoms with Crippen LogP contribution in [0.25, 0.3) is 0 Å². The Morgan fingerprint density at radius 3 is 2.19 bits per heavy atom. The Labute approximate surface area is 156 Å². The third kappa shape index (κ3) is 5.32. The Hall–Kier alpha value is -2.86. The van der Waals surface area contributed by atoms with E-state index in [1.54, 1.807) is 55.5 Å². The van der Waals surface area contributed by atoms with Gasteiger partial charge < -0.3 is 15.0 Å². The van der Waals surface area contributed by atoms with Crippen LogP contribution in [0, 0.1) is 0 Å². The minimum absolute atomic E-state index is 0.156. The molecule has 0 aliphatic rings. The topological polar surface area (TPSA) is 75.7 Å². The average molecular weight is 375 g/mol. The third-order valence-corrected chi connectivity index (χ3v) is 3.75. The van der Waals surface area contributed by atoms with Crippen LogP contribution < -0.4 is 10.2 Å². The lowest BCUT2D eigenvalue weighted by molar-refractivity contribution is -0.120. The van der Waals surface area contributed by atoms with E-state index in [9.17, 15) is 14.4 Å². The molecule has 2 amide bonds. The lowest BCUT2D eigenvalue weighted by atomic mass is 10.2. The molecule has 0 radical (unpaired) electrons. The standard InChI is InChI=1S/C19H19ClN2O4/c1-3-26-19(25)14-4-10-17(11-5-14)22(13(2)23)12-18(24)21-16-8-6-15(20)7-9-16/h4-11H,3,12H2,1-2H3,(H,21,24). The van der Waals surface area contributed by atoms with Gasteiger partial charge in [0, 0.05) is 23.3 Å². The van der Waals surface area contributed by atoms with Crippen LogP contribution in [0.3, 0.4) is 0 Å². The summed E-state index contributed by atoms with van der Waals surface area (Å²) in [6.45, 7) is 3.22. The molecule has 0 spiro atoms. The number of halogens is 1. The molecule has 7 heteroatoms. The Kier molecular flexibility index (Phi) is 6.74. The average Bonchev–Trinajstić information content (AvgIpc) is 2.62. The molecule has 0 aromatic heterocycles. The number of hydrogen-bond donors (Lipinski definition) is 1. The van der Waals surface area contributed by atoms with Crippen LogP contribution >= 0.6 is 11.6 Å². The second-order valence-electron chi connectivity index (χ2n) is 5.43. The molecule has 1 N–H and O–H groups in total. The highest BCUT2D eigenvalue weighted by molar-refractivity contribution is 6.30. The Balaban J connectivity index is 2.08. The first kappa shape index (κ1) is 19.5. The largest absolute Gasteiger partial charge is 0.462 e. The fraction of sp³-hybridized carbons (Fsp3) is 0.211. The summed E-state index contributed by atoms with van der Waals surface area (Å²) >= 11 is 5.81. The first-order valence-electron chi connectivity index (χ1n) is 8.01. The summed E-state index contributed by atoms with van der Waals surface area (Å²) < 4.78 is 4.92. The van der Waals surface area contributed by atoms with Crippen LogP contribution in [0.5, 0.6) is 0 Å². The maximum Gasteiger partial charge on any atom is 0.338 e. The predicted octanol–water partition coefficient (Wildman–Crippen LogP) is 3.51. The van der Waals surface area contributed by atoms with Crippen molar-refractivity contribution in [2.75, 3.05) is 23.4 Å². The van der Waals surface area contributed by atoms with Crippen LogP contribution in [-0.4, -0.2) is 30.9 Å². The van der Waals surface area contributed by atoms with Crippen LogP contribution in [0.15, 0.2) is 48.5 Å². The zero-order chi connectivity index (χ0) is 19.1. The lowest BCUT2D eigenvalue weighted by Crippen LogP contribution is -2.36. The summed E-state index contributed by atoms with van der Waals surface area (Å²) in [6, 6.07) is 13.0. The van der Waals surface area contributed by atoms with Gasteiger partial charge >= 0.3 is 5.97 Å². The first-order chi connectivity index (χ1) is 12.4. The van der Waals surface area contributed by atoms with Crippen molar-refractivity contribution in [3.05, 3.63) is 59.1 Å². The van der Waals surface area contributed by atoms with Crippen molar-refractivity contribution in [1.82, 2.24) is 0 Å². The Bertz CT molecular complexity index is 788. The highest BCUT2D eigenvalue weighted by Gasteiger charge is 2.17. The SMILES string of the molecule is CCOC(=O)c1ccc(N(CC(=O)Nc2ccc(Cl)cc2)C(C)=O)cc1.